The Morgan fingerprint density at radius 1 is 1.00 bits per heavy atom. The van der Waals surface area contributed by atoms with Gasteiger partial charge in [0.2, 0.25) is 0 Å². The SMILES string of the molecule is CC.COc1ccncc1N(c1ccc(C2CC2)cc1)C1CCC(=O)CC1. The van der Waals surface area contributed by atoms with Crippen molar-refractivity contribution in [1.29, 1.82) is 0 Å². The smallest absolute Gasteiger partial charge is 0.145 e. The Kier molecular flexibility index (Phi) is 6.49. The third-order valence-electron chi connectivity index (χ3n) is 5.34. The van der Waals surface area contributed by atoms with Crippen LogP contribution in [0.15, 0.2) is 42.7 Å². The Balaban J connectivity index is 0.00000102. The number of pyridine rings is 1. The molecule has 0 amide bonds. The van der Waals surface area contributed by atoms with Crippen molar-refractivity contribution in [3.05, 3.63) is 48.3 Å². The second kappa shape index (κ2) is 9.03. The average molecular weight is 367 g/mol. The number of methoxy groups -OCH3 is 1. The summed E-state index contributed by atoms with van der Waals surface area (Å²) in [6, 6.07) is 11.1. The molecule has 0 N–H and O–H groups in total. The van der Waals surface area contributed by atoms with Crippen LogP contribution in [0.25, 0.3) is 0 Å². The molecule has 1 heterocycles. The number of nitrogens with zero attached hydrogens (tertiary/aromatic N) is 2. The molecule has 2 saturated carbocycles. The summed E-state index contributed by atoms with van der Waals surface area (Å²) >= 11 is 0. The molecule has 4 nitrogen and oxygen atoms in total. The quantitative estimate of drug-likeness (QED) is 0.686. The molecule has 0 bridgehead atoms. The standard InChI is InChI=1S/C21H24N2O2.C2H6/c1-25-21-12-13-22-14-20(21)23(18-8-10-19(24)11-9-18)17-6-4-16(5-7-17)15-2-3-15;1-2/h4-7,12-15,18H,2-3,8-11H2,1H3;1-2H3. The van der Waals surface area contributed by atoms with Crippen molar-refractivity contribution in [3.8, 4) is 5.75 Å². The van der Waals surface area contributed by atoms with Crippen molar-refractivity contribution < 1.29 is 9.53 Å². The molecule has 0 aliphatic heterocycles. The third-order valence-corrected chi connectivity index (χ3v) is 5.34. The zero-order valence-electron chi connectivity index (χ0n) is 16.6. The molecule has 2 fully saturated rings. The Bertz CT molecular complexity index is 743. The van der Waals surface area contributed by atoms with E-state index in [0.717, 1.165) is 35.9 Å². The van der Waals surface area contributed by atoms with E-state index in [-0.39, 0.29) is 0 Å². The molecule has 27 heavy (non-hydrogen) atoms. The molecule has 2 aliphatic carbocycles. The zero-order chi connectivity index (χ0) is 19.2. The van der Waals surface area contributed by atoms with Crippen LogP contribution in [0.5, 0.6) is 5.75 Å². The maximum atomic E-state index is 11.7. The molecule has 2 aliphatic rings. The number of benzene rings is 1. The lowest BCUT2D eigenvalue weighted by Gasteiger charge is -2.36. The van der Waals surface area contributed by atoms with Crippen LogP contribution in [0.1, 0.15) is 63.9 Å². The average Bonchev–Trinajstić information content (AvgIpc) is 3.57. The molecule has 4 rings (SSSR count). The van der Waals surface area contributed by atoms with Crippen LogP contribution in [-0.2, 0) is 4.79 Å². The van der Waals surface area contributed by atoms with Crippen molar-refractivity contribution in [2.75, 3.05) is 12.0 Å². The van der Waals surface area contributed by atoms with Gasteiger partial charge in [0.1, 0.15) is 17.2 Å². The first-order valence-electron chi connectivity index (χ1n) is 10.1. The van der Waals surface area contributed by atoms with Gasteiger partial charge in [0, 0.05) is 36.8 Å². The van der Waals surface area contributed by atoms with E-state index in [1.807, 2.05) is 26.1 Å². The van der Waals surface area contributed by atoms with Gasteiger partial charge in [-0.1, -0.05) is 26.0 Å². The first-order valence-corrected chi connectivity index (χ1v) is 10.1. The van der Waals surface area contributed by atoms with E-state index in [2.05, 4.69) is 34.1 Å². The number of carbonyl (C=O) groups is 1. The van der Waals surface area contributed by atoms with Crippen LogP contribution in [0.4, 0.5) is 11.4 Å². The highest BCUT2D eigenvalue weighted by Crippen LogP contribution is 2.42. The number of carbonyl (C=O) groups excluding carboxylic acids is 1. The van der Waals surface area contributed by atoms with Gasteiger partial charge >= 0.3 is 0 Å². The molecular weight excluding hydrogens is 336 g/mol. The number of aromatic nitrogens is 1. The molecule has 0 radical (unpaired) electrons. The highest BCUT2D eigenvalue weighted by atomic mass is 16.5. The van der Waals surface area contributed by atoms with E-state index in [0.29, 0.717) is 24.7 Å². The van der Waals surface area contributed by atoms with E-state index in [1.165, 1.54) is 18.4 Å². The number of Topliss-reactive ketones (excluding diaryl/α,β-unsaturated/α-hetero) is 1. The number of ketones is 1. The van der Waals surface area contributed by atoms with E-state index < -0.39 is 0 Å². The van der Waals surface area contributed by atoms with Crippen molar-refractivity contribution in [1.82, 2.24) is 4.98 Å². The third kappa shape index (κ3) is 4.49. The molecule has 4 heteroatoms. The first-order chi connectivity index (χ1) is 13.3. The number of ether oxygens (including phenoxy) is 1. The van der Waals surface area contributed by atoms with Gasteiger partial charge in [0.05, 0.1) is 13.3 Å². The van der Waals surface area contributed by atoms with Crippen LogP contribution in [-0.4, -0.2) is 23.9 Å². The van der Waals surface area contributed by atoms with Gasteiger partial charge in [-0.25, -0.2) is 0 Å². The predicted octanol–water partition coefficient (Wildman–Crippen LogP) is 5.64. The van der Waals surface area contributed by atoms with E-state index in [1.54, 1.807) is 13.3 Å². The molecule has 0 spiro atoms. The minimum absolute atomic E-state index is 0.294. The maximum Gasteiger partial charge on any atom is 0.145 e. The van der Waals surface area contributed by atoms with Crippen LogP contribution in [0, 0.1) is 0 Å². The summed E-state index contributed by atoms with van der Waals surface area (Å²) in [5, 5.41) is 0. The summed E-state index contributed by atoms with van der Waals surface area (Å²) in [7, 11) is 1.69. The van der Waals surface area contributed by atoms with Gasteiger partial charge in [-0.3, -0.25) is 9.78 Å². The second-order valence-electron chi connectivity index (χ2n) is 7.05. The van der Waals surface area contributed by atoms with Gasteiger partial charge < -0.3 is 9.64 Å². The number of rotatable bonds is 5. The minimum atomic E-state index is 0.294. The minimum Gasteiger partial charge on any atom is -0.494 e. The second-order valence-corrected chi connectivity index (χ2v) is 7.05. The fourth-order valence-corrected chi connectivity index (χ4v) is 3.78. The summed E-state index contributed by atoms with van der Waals surface area (Å²) < 4.78 is 5.58. The van der Waals surface area contributed by atoms with Crippen LogP contribution >= 0.6 is 0 Å². The number of anilines is 2. The molecule has 1 aromatic heterocycles. The van der Waals surface area contributed by atoms with Crippen molar-refractivity contribution in [2.45, 2.75) is 64.3 Å². The number of hydrogen-bond donors (Lipinski definition) is 0. The highest BCUT2D eigenvalue weighted by Gasteiger charge is 2.29. The summed E-state index contributed by atoms with van der Waals surface area (Å²) in [6.07, 6.45) is 9.30. The van der Waals surface area contributed by atoms with Crippen molar-refractivity contribution in [3.63, 3.8) is 0 Å². The molecule has 1 aromatic carbocycles. The lowest BCUT2D eigenvalue weighted by atomic mass is 9.92. The van der Waals surface area contributed by atoms with Gasteiger partial charge in [0.15, 0.2) is 0 Å². The fraction of sp³-hybridized carbons (Fsp3) is 0.478. The zero-order valence-corrected chi connectivity index (χ0v) is 16.6. The monoisotopic (exact) mass is 366 g/mol. The van der Waals surface area contributed by atoms with Gasteiger partial charge in [0.25, 0.3) is 0 Å². The molecule has 0 unspecified atom stereocenters. The van der Waals surface area contributed by atoms with Gasteiger partial charge in [-0.15, -0.1) is 0 Å². The Labute approximate surface area is 162 Å². The predicted molar refractivity (Wildman–Crippen MR) is 110 cm³/mol. The highest BCUT2D eigenvalue weighted by molar-refractivity contribution is 5.80. The normalized spacial score (nSPS) is 17.1. The van der Waals surface area contributed by atoms with E-state index >= 15 is 0 Å². The maximum absolute atomic E-state index is 11.7. The Morgan fingerprint density at radius 2 is 1.67 bits per heavy atom. The molecule has 144 valence electrons. The van der Waals surface area contributed by atoms with Crippen molar-refractivity contribution in [2.24, 2.45) is 0 Å². The summed E-state index contributed by atoms with van der Waals surface area (Å²) in [6.45, 7) is 4.00. The van der Waals surface area contributed by atoms with E-state index in [9.17, 15) is 4.79 Å². The lowest BCUT2D eigenvalue weighted by Crippen LogP contribution is -2.35. The number of hydrogen-bond acceptors (Lipinski definition) is 4. The largest absolute Gasteiger partial charge is 0.494 e. The summed E-state index contributed by atoms with van der Waals surface area (Å²) in [4.78, 5) is 18.3. The van der Waals surface area contributed by atoms with Crippen LogP contribution < -0.4 is 9.64 Å². The van der Waals surface area contributed by atoms with Gasteiger partial charge in [-0.2, -0.15) is 0 Å². The summed E-state index contributed by atoms with van der Waals surface area (Å²) in [5.41, 5.74) is 3.55. The topological polar surface area (TPSA) is 42.4 Å². The Hall–Kier alpha value is -2.36. The first kappa shape index (κ1) is 19.4. The summed E-state index contributed by atoms with van der Waals surface area (Å²) in [5.74, 6) is 1.94. The lowest BCUT2D eigenvalue weighted by molar-refractivity contribution is -0.120. The fourth-order valence-electron chi connectivity index (χ4n) is 3.78. The molecule has 2 aromatic rings. The van der Waals surface area contributed by atoms with Crippen LogP contribution in [0.3, 0.4) is 0 Å². The Morgan fingerprint density at radius 3 is 2.26 bits per heavy atom. The van der Waals surface area contributed by atoms with Crippen LogP contribution in [0.2, 0.25) is 0 Å². The molecule has 0 saturated heterocycles. The van der Waals surface area contributed by atoms with Crippen molar-refractivity contribution >= 4 is 17.2 Å². The van der Waals surface area contributed by atoms with E-state index in [4.69, 9.17) is 4.74 Å². The van der Waals surface area contributed by atoms with Gasteiger partial charge in [-0.05, 0) is 49.3 Å². The molecular formula is C23H30N2O2. The molecule has 0 atom stereocenters.